The standard InChI is InChI=1S/C23H37NO7/c1-16-6-4-15-31-23(16,29)20(26)21(27)24-13-3-2-8-19(24)22(28)30-14-5-7-17-9-11-18(25)12-10-17/h16-19,25,29H,2-15H2,1H3/t16?,17-,18+,19-,23+/m0/s1. The number of hydrogen-bond donors (Lipinski definition) is 2. The molecular formula is C23H37NO7. The quantitative estimate of drug-likeness (QED) is 0.354. The minimum absolute atomic E-state index is 0.174. The molecule has 0 radical (unpaired) electrons. The number of rotatable bonds is 7. The molecule has 0 bridgehead atoms. The van der Waals surface area contributed by atoms with Gasteiger partial charge in [-0.3, -0.25) is 9.59 Å². The Morgan fingerprint density at radius 2 is 1.81 bits per heavy atom. The molecule has 3 atom stereocenters. The van der Waals surface area contributed by atoms with Gasteiger partial charge in [-0.2, -0.15) is 0 Å². The highest BCUT2D eigenvalue weighted by atomic mass is 16.6. The van der Waals surface area contributed by atoms with Crippen LogP contribution in [0.5, 0.6) is 0 Å². The average molecular weight is 440 g/mol. The predicted molar refractivity (Wildman–Crippen MR) is 112 cm³/mol. The zero-order chi connectivity index (χ0) is 22.4. The zero-order valence-corrected chi connectivity index (χ0v) is 18.6. The molecule has 1 aliphatic carbocycles. The number of ether oxygens (including phenoxy) is 2. The summed E-state index contributed by atoms with van der Waals surface area (Å²) in [6, 6.07) is -0.794. The predicted octanol–water partition coefficient (Wildman–Crippen LogP) is 1.95. The van der Waals surface area contributed by atoms with Gasteiger partial charge in [-0.1, -0.05) is 6.92 Å². The second-order valence-corrected chi connectivity index (χ2v) is 9.41. The minimum atomic E-state index is -2.12. The van der Waals surface area contributed by atoms with Crippen molar-refractivity contribution in [2.24, 2.45) is 11.8 Å². The number of amides is 1. The summed E-state index contributed by atoms with van der Waals surface area (Å²) < 4.78 is 10.8. The Kier molecular flexibility index (Phi) is 8.47. The third-order valence-electron chi connectivity index (χ3n) is 7.14. The summed E-state index contributed by atoms with van der Waals surface area (Å²) in [5.41, 5.74) is 0. The van der Waals surface area contributed by atoms with Gasteiger partial charge in [0.2, 0.25) is 5.79 Å². The van der Waals surface area contributed by atoms with Crippen molar-refractivity contribution in [1.29, 1.82) is 0 Å². The SMILES string of the molecule is CC1CCCO[C@@]1(O)C(=O)C(=O)N1CCCC[C@H]1C(=O)OCCC[C@H]1CC[C@@H](O)CC1. The molecule has 0 spiro atoms. The lowest BCUT2D eigenvalue weighted by Crippen LogP contribution is -2.59. The molecule has 0 aromatic rings. The summed E-state index contributed by atoms with van der Waals surface area (Å²) in [6.45, 7) is 2.50. The maximum Gasteiger partial charge on any atom is 0.328 e. The van der Waals surface area contributed by atoms with E-state index in [2.05, 4.69) is 0 Å². The number of hydrogen-bond acceptors (Lipinski definition) is 7. The van der Waals surface area contributed by atoms with E-state index in [0.717, 1.165) is 51.4 Å². The average Bonchev–Trinajstić information content (AvgIpc) is 2.78. The molecule has 1 saturated carbocycles. The van der Waals surface area contributed by atoms with E-state index in [1.165, 1.54) is 4.90 Å². The molecule has 8 nitrogen and oxygen atoms in total. The third-order valence-corrected chi connectivity index (χ3v) is 7.14. The number of esters is 1. The van der Waals surface area contributed by atoms with E-state index in [9.17, 15) is 24.6 Å². The van der Waals surface area contributed by atoms with Gasteiger partial charge < -0.3 is 24.6 Å². The fourth-order valence-corrected chi connectivity index (χ4v) is 5.02. The first-order valence-corrected chi connectivity index (χ1v) is 11.9. The van der Waals surface area contributed by atoms with E-state index < -0.39 is 35.4 Å². The van der Waals surface area contributed by atoms with E-state index in [-0.39, 0.29) is 19.3 Å². The van der Waals surface area contributed by atoms with Crippen LogP contribution in [0.4, 0.5) is 0 Å². The molecule has 0 aromatic carbocycles. The van der Waals surface area contributed by atoms with E-state index in [0.29, 0.717) is 31.7 Å². The van der Waals surface area contributed by atoms with Crippen molar-refractivity contribution in [3.05, 3.63) is 0 Å². The van der Waals surface area contributed by atoms with E-state index in [1.807, 2.05) is 0 Å². The lowest BCUT2D eigenvalue weighted by Gasteiger charge is -2.39. The number of carbonyl (C=O) groups excluding carboxylic acids is 3. The maximum atomic E-state index is 12.9. The van der Waals surface area contributed by atoms with Gasteiger partial charge in [-0.25, -0.2) is 4.79 Å². The lowest BCUT2D eigenvalue weighted by molar-refractivity contribution is -0.240. The van der Waals surface area contributed by atoms with Crippen molar-refractivity contribution < 1.29 is 34.1 Å². The number of nitrogens with zero attached hydrogens (tertiary/aromatic N) is 1. The summed E-state index contributed by atoms with van der Waals surface area (Å²) >= 11 is 0. The Morgan fingerprint density at radius 1 is 1.06 bits per heavy atom. The Balaban J connectivity index is 1.51. The highest BCUT2D eigenvalue weighted by Crippen LogP contribution is 2.31. The molecule has 2 heterocycles. The third kappa shape index (κ3) is 5.84. The van der Waals surface area contributed by atoms with E-state index >= 15 is 0 Å². The summed E-state index contributed by atoms with van der Waals surface area (Å²) in [5.74, 6) is -4.36. The smallest absolute Gasteiger partial charge is 0.328 e. The van der Waals surface area contributed by atoms with Gasteiger partial charge in [-0.15, -0.1) is 0 Å². The largest absolute Gasteiger partial charge is 0.464 e. The maximum absolute atomic E-state index is 12.9. The summed E-state index contributed by atoms with van der Waals surface area (Å²) in [6.07, 6.45) is 8.47. The van der Waals surface area contributed by atoms with Crippen LogP contribution >= 0.6 is 0 Å². The number of Topliss-reactive ketones (excluding diaryl/α,β-unsaturated/α-hetero) is 1. The van der Waals surface area contributed by atoms with Gasteiger partial charge in [0.15, 0.2) is 0 Å². The van der Waals surface area contributed by atoms with Crippen molar-refractivity contribution in [3.63, 3.8) is 0 Å². The van der Waals surface area contributed by atoms with Gasteiger partial charge in [0.05, 0.1) is 19.3 Å². The Bertz CT molecular complexity index is 646. The summed E-state index contributed by atoms with van der Waals surface area (Å²) in [5, 5.41) is 20.3. The van der Waals surface area contributed by atoms with Gasteiger partial charge in [0.25, 0.3) is 11.7 Å². The second-order valence-electron chi connectivity index (χ2n) is 9.41. The molecule has 1 unspecified atom stereocenters. The number of ketones is 1. The Labute approximate surface area is 184 Å². The first kappa shape index (κ1) is 24.1. The molecule has 2 saturated heterocycles. The molecule has 2 N–H and O–H groups in total. The zero-order valence-electron chi connectivity index (χ0n) is 18.6. The number of aliphatic hydroxyl groups is 2. The van der Waals surface area contributed by atoms with E-state index in [4.69, 9.17) is 9.47 Å². The van der Waals surface area contributed by atoms with Crippen LogP contribution in [0.15, 0.2) is 0 Å². The second kappa shape index (κ2) is 10.9. The van der Waals surface area contributed by atoms with Gasteiger partial charge in [-0.05, 0) is 76.5 Å². The molecule has 3 rings (SSSR count). The van der Waals surface area contributed by atoms with Gasteiger partial charge in [0, 0.05) is 12.5 Å². The van der Waals surface area contributed by atoms with Gasteiger partial charge >= 0.3 is 5.97 Å². The van der Waals surface area contributed by atoms with Crippen LogP contribution in [0.1, 0.15) is 77.6 Å². The monoisotopic (exact) mass is 439 g/mol. The Hall–Kier alpha value is -1.51. The number of aliphatic hydroxyl groups excluding tert-OH is 1. The van der Waals surface area contributed by atoms with Crippen LogP contribution in [-0.2, 0) is 23.9 Å². The normalized spacial score (nSPS) is 34.2. The van der Waals surface area contributed by atoms with Crippen molar-refractivity contribution in [1.82, 2.24) is 4.90 Å². The fourth-order valence-electron chi connectivity index (χ4n) is 5.02. The number of carbonyl (C=O) groups is 3. The van der Waals surface area contributed by atoms with Crippen LogP contribution in [0.25, 0.3) is 0 Å². The highest BCUT2D eigenvalue weighted by molar-refractivity contribution is 6.39. The molecule has 3 aliphatic rings. The van der Waals surface area contributed by atoms with Gasteiger partial charge in [0.1, 0.15) is 6.04 Å². The molecule has 0 aromatic heterocycles. The van der Waals surface area contributed by atoms with Crippen LogP contribution in [-0.4, -0.2) is 70.5 Å². The van der Waals surface area contributed by atoms with Crippen molar-refractivity contribution >= 4 is 17.7 Å². The molecule has 176 valence electrons. The molecule has 8 heteroatoms. The fraction of sp³-hybridized carbons (Fsp3) is 0.870. The summed E-state index contributed by atoms with van der Waals surface area (Å²) in [4.78, 5) is 39.7. The van der Waals surface area contributed by atoms with Crippen LogP contribution in [0, 0.1) is 11.8 Å². The minimum Gasteiger partial charge on any atom is -0.464 e. The molecular weight excluding hydrogens is 402 g/mol. The van der Waals surface area contributed by atoms with Crippen molar-refractivity contribution in [2.75, 3.05) is 19.8 Å². The molecule has 2 aliphatic heterocycles. The summed E-state index contributed by atoms with van der Waals surface area (Å²) in [7, 11) is 0. The highest BCUT2D eigenvalue weighted by Gasteiger charge is 2.50. The van der Waals surface area contributed by atoms with Crippen LogP contribution in [0.2, 0.25) is 0 Å². The number of likely N-dealkylation sites (tertiary alicyclic amines) is 1. The Morgan fingerprint density at radius 3 is 2.52 bits per heavy atom. The topological polar surface area (TPSA) is 113 Å². The van der Waals surface area contributed by atoms with Crippen molar-refractivity contribution in [3.8, 4) is 0 Å². The number of piperidine rings is 1. The lowest BCUT2D eigenvalue weighted by atomic mass is 9.85. The molecule has 1 amide bonds. The molecule has 31 heavy (non-hydrogen) atoms. The van der Waals surface area contributed by atoms with Crippen molar-refractivity contribution in [2.45, 2.75) is 95.5 Å². The first-order chi connectivity index (χ1) is 14.8. The van der Waals surface area contributed by atoms with E-state index in [1.54, 1.807) is 6.92 Å². The molecule has 3 fully saturated rings. The van der Waals surface area contributed by atoms with Crippen LogP contribution < -0.4 is 0 Å². The first-order valence-electron chi connectivity index (χ1n) is 11.9. The van der Waals surface area contributed by atoms with Crippen LogP contribution in [0.3, 0.4) is 0 Å².